The molecule has 4 nitrogen and oxygen atoms in total. The molecule has 0 saturated carbocycles. The molecule has 0 aromatic carbocycles. The Hall–Kier alpha value is -0.880. The monoisotopic (exact) mass is 228 g/mol. The van der Waals surface area contributed by atoms with E-state index >= 15 is 0 Å². The molecule has 1 atom stereocenters. The summed E-state index contributed by atoms with van der Waals surface area (Å²) in [5.74, 6) is 5.48. The zero-order valence-corrected chi connectivity index (χ0v) is 8.77. The van der Waals surface area contributed by atoms with Crippen LogP contribution in [0.15, 0.2) is 23.8 Å². The Kier molecular flexibility index (Phi) is 2.83. The number of hydrazine groups is 1. The molecule has 74 valence electrons. The molecule has 0 bridgehead atoms. The molecule has 0 fully saturated rings. The van der Waals surface area contributed by atoms with Gasteiger partial charge in [0.05, 0.1) is 16.6 Å². The topological polar surface area (TPSA) is 66.7 Å². The van der Waals surface area contributed by atoms with Crippen LogP contribution in [0.3, 0.4) is 0 Å². The van der Waals surface area contributed by atoms with Gasteiger partial charge in [-0.25, -0.2) is 5.43 Å². The van der Waals surface area contributed by atoms with Crippen LogP contribution in [0.1, 0.15) is 17.2 Å². The molecule has 0 aliphatic carbocycles. The van der Waals surface area contributed by atoms with Crippen LogP contribution in [0.2, 0.25) is 4.34 Å². The van der Waals surface area contributed by atoms with Crippen molar-refractivity contribution in [3.05, 3.63) is 39.3 Å². The minimum Gasteiger partial charge on any atom is -0.285 e. The van der Waals surface area contributed by atoms with Gasteiger partial charge in [0.15, 0.2) is 0 Å². The highest BCUT2D eigenvalue weighted by Crippen LogP contribution is 2.31. The van der Waals surface area contributed by atoms with E-state index in [-0.39, 0.29) is 6.04 Å². The molecule has 0 amide bonds. The number of aromatic amines is 1. The van der Waals surface area contributed by atoms with Crippen LogP contribution in [0.5, 0.6) is 0 Å². The van der Waals surface area contributed by atoms with Crippen molar-refractivity contribution >= 4 is 22.9 Å². The first-order chi connectivity index (χ1) is 6.83. The first kappa shape index (κ1) is 9.67. The van der Waals surface area contributed by atoms with Crippen molar-refractivity contribution in [1.29, 1.82) is 0 Å². The first-order valence-electron chi connectivity index (χ1n) is 4.00. The van der Waals surface area contributed by atoms with Gasteiger partial charge in [0.25, 0.3) is 0 Å². The molecule has 0 spiro atoms. The number of aromatic nitrogens is 2. The summed E-state index contributed by atoms with van der Waals surface area (Å²) in [6.45, 7) is 0. The minimum absolute atomic E-state index is 0.104. The predicted octanol–water partition coefficient (Wildman–Crippen LogP) is 1.68. The maximum absolute atomic E-state index is 6.02. The molecule has 1 unspecified atom stereocenters. The molecule has 4 N–H and O–H groups in total. The number of nitrogens with zero attached hydrogens (tertiary/aromatic N) is 1. The van der Waals surface area contributed by atoms with Crippen molar-refractivity contribution in [3.8, 4) is 0 Å². The van der Waals surface area contributed by atoms with Crippen LogP contribution >= 0.6 is 22.9 Å². The molecule has 2 aromatic heterocycles. The van der Waals surface area contributed by atoms with Crippen LogP contribution in [-0.2, 0) is 0 Å². The first-order valence-corrected chi connectivity index (χ1v) is 5.26. The summed E-state index contributed by atoms with van der Waals surface area (Å²) in [6.07, 6.45) is 3.51. The molecule has 0 aliphatic heterocycles. The van der Waals surface area contributed by atoms with Crippen LogP contribution in [0.4, 0.5) is 0 Å². The SMILES string of the molecule is NNC(c1cn[nH]c1)c1ccsc1Cl. The summed E-state index contributed by atoms with van der Waals surface area (Å²) in [5.41, 5.74) is 4.65. The zero-order chi connectivity index (χ0) is 9.97. The number of hydrogen-bond donors (Lipinski definition) is 3. The van der Waals surface area contributed by atoms with Crippen molar-refractivity contribution in [2.24, 2.45) is 5.84 Å². The molecular weight excluding hydrogens is 220 g/mol. The Bertz CT molecular complexity index is 397. The standard InChI is InChI=1S/C8H9ClN4S/c9-8-6(1-2-14-8)7(13-10)5-3-11-12-4-5/h1-4,7,13H,10H2,(H,11,12). The molecule has 0 radical (unpaired) electrons. The van der Waals surface area contributed by atoms with Gasteiger partial charge in [-0.3, -0.25) is 10.9 Å². The van der Waals surface area contributed by atoms with Crippen LogP contribution in [0, 0.1) is 0 Å². The number of nitrogens with one attached hydrogen (secondary N) is 2. The maximum Gasteiger partial charge on any atom is 0.0980 e. The van der Waals surface area contributed by atoms with E-state index in [0.717, 1.165) is 15.5 Å². The lowest BCUT2D eigenvalue weighted by Crippen LogP contribution is -2.28. The van der Waals surface area contributed by atoms with E-state index < -0.39 is 0 Å². The molecule has 2 rings (SSSR count). The maximum atomic E-state index is 6.02. The van der Waals surface area contributed by atoms with Crippen LogP contribution in [-0.4, -0.2) is 10.2 Å². The highest BCUT2D eigenvalue weighted by Gasteiger charge is 2.16. The Morgan fingerprint density at radius 2 is 2.50 bits per heavy atom. The van der Waals surface area contributed by atoms with Gasteiger partial charge in [0, 0.05) is 17.3 Å². The van der Waals surface area contributed by atoms with Gasteiger partial charge < -0.3 is 0 Å². The smallest absolute Gasteiger partial charge is 0.0980 e. The zero-order valence-electron chi connectivity index (χ0n) is 7.20. The molecule has 2 heterocycles. The molecule has 0 aliphatic rings. The summed E-state index contributed by atoms with van der Waals surface area (Å²) in [6, 6.07) is 1.84. The lowest BCUT2D eigenvalue weighted by Gasteiger charge is -2.12. The quantitative estimate of drug-likeness (QED) is 0.553. The average molecular weight is 229 g/mol. The minimum atomic E-state index is -0.104. The third-order valence-corrected chi connectivity index (χ3v) is 3.18. The Labute approximate surface area is 90.1 Å². The largest absolute Gasteiger partial charge is 0.285 e. The number of hydrogen-bond acceptors (Lipinski definition) is 4. The third kappa shape index (κ3) is 1.67. The fourth-order valence-electron chi connectivity index (χ4n) is 1.29. The van der Waals surface area contributed by atoms with E-state index in [1.54, 1.807) is 12.4 Å². The normalized spacial score (nSPS) is 13.0. The molecule has 0 saturated heterocycles. The van der Waals surface area contributed by atoms with Crippen molar-refractivity contribution in [2.75, 3.05) is 0 Å². The second-order valence-corrected chi connectivity index (χ2v) is 4.30. The fourth-order valence-corrected chi connectivity index (χ4v) is 2.28. The van der Waals surface area contributed by atoms with E-state index in [1.165, 1.54) is 11.3 Å². The van der Waals surface area contributed by atoms with Gasteiger partial charge in [0.1, 0.15) is 0 Å². The number of H-pyrrole nitrogens is 1. The second kappa shape index (κ2) is 4.10. The van der Waals surface area contributed by atoms with Gasteiger partial charge in [-0.1, -0.05) is 11.6 Å². The van der Waals surface area contributed by atoms with Crippen molar-refractivity contribution in [1.82, 2.24) is 15.6 Å². The Morgan fingerprint density at radius 1 is 1.64 bits per heavy atom. The Morgan fingerprint density at radius 3 is 3.00 bits per heavy atom. The fraction of sp³-hybridized carbons (Fsp3) is 0.125. The molecular formula is C8H9ClN4S. The van der Waals surface area contributed by atoms with E-state index in [9.17, 15) is 0 Å². The van der Waals surface area contributed by atoms with Gasteiger partial charge >= 0.3 is 0 Å². The highest BCUT2D eigenvalue weighted by atomic mass is 35.5. The lowest BCUT2D eigenvalue weighted by molar-refractivity contribution is 0.639. The predicted molar refractivity (Wildman–Crippen MR) is 57.1 cm³/mol. The van der Waals surface area contributed by atoms with E-state index in [0.29, 0.717) is 0 Å². The lowest BCUT2D eigenvalue weighted by atomic mass is 10.1. The average Bonchev–Trinajstić information content (AvgIpc) is 2.80. The summed E-state index contributed by atoms with van der Waals surface area (Å²) < 4.78 is 0.745. The van der Waals surface area contributed by atoms with E-state index in [1.807, 2.05) is 11.4 Å². The van der Waals surface area contributed by atoms with Crippen LogP contribution in [0.25, 0.3) is 0 Å². The van der Waals surface area contributed by atoms with Gasteiger partial charge in [-0.2, -0.15) is 5.10 Å². The highest BCUT2D eigenvalue weighted by molar-refractivity contribution is 7.14. The number of rotatable bonds is 3. The third-order valence-electron chi connectivity index (χ3n) is 1.98. The van der Waals surface area contributed by atoms with Gasteiger partial charge in [-0.15, -0.1) is 11.3 Å². The summed E-state index contributed by atoms with van der Waals surface area (Å²) in [4.78, 5) is 0. The van der Waals surface area contributed by atoms with Crippen molar-refractivity contribution in [3.63, 3.8) is 0 Å². The number of thiophene rings is 1. The Balaban J connectivity index is 2.36. The van der Waals surface area contributed by atoms with Crippen LogP contribution < -0.4 is 11.3 Å². The number of halogens is 1. The summed E-state index contributed by atoms with van der Waals surface area (Å²) in [5, 5.41) is 8.54. The molecule has 14 heavy (non-hydrogen) atoms. The van der Waals surface area contributed by atoms with E-state index in [4.69, 9.17) is 17.4 Å². The van der Waals surface area contributed by atoms with E-state index in [2.05, 4.69) is 15.6 Å². The van der Waals surface area contributed by atoms with Crippen molar-refractivity contribution < 1.29 is 0 Å². The second-order valence-electron chi connectivity index (χ2n) is 2.78. The van der Waals surface area contributed by atoms with Crippen molar-refractivity contribution in [2.45, 2.75) is 6.04 Å². The van der Waals surface area contributed by atoms with Gasteiger partial charge in [0.2, 0.25) is 0 Å². The number of nitrogens with two attached hydrogens (primary N) is 1. The molecule has 6 heteroatoms. The summed E-state index contributed by atoms with van der Waals surface area (Å²) in [7, 11) is 0. The van der Waals surface area contributed by atoms with Gasteiger partial charge in [-0.05, 0) is 11.4 Å². The molecule has 2 aromatic rings. The summed E-state index contributed by atoms with van der Waals surface area (Å²) >= 11 is 7.51.